The number of sulfonamides is 1. The number of pyridine rings is 1. The molecule has 0 radical (unpaired) electrons. The molecule has 1 amide bonds. The minimum absolute atomic E-state index is 0.0839. The topological polar surface area (TPSA) is 99.3 Å². The maximum Gasteiger partial charge on any atom is 0.260 e. The van der Waals surface area contributed by atoms with Crippen molar-refractivity contribution >= 4 is 15.9 Å². The van der Waals surface area contributed by atoms with Crippen molar-refractivity contribution in [3.8, 4) is 0 Å². The highest BCUT2D eigenvalue weighted by molar-refractivity contribution is 7.88. The second-order valence-corrected chi connectivity index (χ2v) is 7.14. The third-order valence-corrected chi connectivity index (χ3v) is 4.14. The number of carbonyl (C=O) groups excluding carboxylic acids is 1. The van der Waals surface area contributed by atoms with Crippen LogP contribution in [0.4, 0.5) is 0 Å². The predicted molar refractivity (Wildman–Crippen MR) is 78.7 cm³/mol. The average molecular weight is 313 g/mol. The van der Waals surface area contributed by atoms with Crippen molar-refractivity contribution < 1.29 is 13.2 Å². The van der Waals surface area contributed by atoms with Crippen molar-refractivity contribution in [2.45, 2.75) is 25.8 Å². The summed E-state index contributed by atoms with van der Waals surface area (Å²) in [5.41, 5.74) is 0.352. The highest BCUT2D eigenvalue weighted by atomic mass is 32.2. The van der Waals surface area contributed by atoms with E-state index in [1.54, 1.807) is 13.0 Å². The molecule has 1 fully saturated rings. The minimum Gasteiger partial charge on any atom is -0.337 e. The first kappa shape index (κ1) is 15.7. The number of nitrogens with zero attached hydrogens (tertiary/aromatic N) is 1. The third kappa shape index (κ3) is 4.15. The van der Waals surface area contributed by atoms with E-state index < -0.39 is 15.6 Å². The van der Waals surface area contributed by atoms with E-state index in [0.29, 0.717) is 25.1 Å². The number of hydrogen-bond donors (Lipinski definition) is 2. The summed E-state index contributed by atoms with van der Waals surface area (Å²) < 4.78 is 25.0. The van der Waals surface area contributed by atoms with Gasteiger partial charge in [-0.15, -0.1) is 0 Å². The number of amides is 1. The number of nitrogens with one attached hydrogen (secondary N) is 2. The molecule has 2 rings (SSSR count). The molecule has 0 spiro atoms. The fraction of sp³-hybridized carbons (Fsp3) is 0.538. The molecule has 2 N–H and O–H groups in total. The van der Waals surface area contributed by atoms with Crippen LogP contribution in [0.1, 0.15) is 28.9 Å². The zero-order chi connectivity index (χ0) is 15.6. The van der Waals surface area contributed by atoms with Gasteiger partial charge in [-0.2, -0.15) is 0 Å². The summed E-state index contributed by atoms with van der Waals surface area (Å²) in [4.78, 5) is 28.3. The summed E-state index contributed by atoms with van der Waals surface area (Å²) in [6, 6.07) is 2.87. The molecule has 0 aliphatic carbocycles. The van der Waals surface area contributed by atoms with Gasteiger partial charge in [0.25, 0.3) is 11.5 Å². The van der Waals surface area contributed by atoms with E-state index in [-0.39, 0.29) is 24.1 Å². The lowest BCUT2D eigenvalue weighted by molar-refractivity contribution is 0.0701. The smallest absolute Gasteiger partial charge is 0.260 e. The van der Waals surface area contributed by atoms with Crippen molar-refractivity contribution in [2.24, 2.45) is 0 Å². The van der Waals surface area contributed by atoms with E-state index in [2.05, 4.69) is 9.71 Å². The maximum atomic E-state index is 12.4. The Morgan fingerprint density at radius 3 is 2.76 bits per heavy atom. The lowest BCUT2D eigenvalue weighted by Crippen LogP contribution is -2.50. The summed E-state index contributed by atoms with van der Waals surface area (Å²) in [6.45, 7) is 2.54. The van der Waals surface area contributed by atoms with Crippen LogP contribution in [-0.4, -0.2) is 49.6 Å². The molecule has 1 aliphatic rings. The number of piperidine rings is 1. The third-order valence-electron chi connectivity index (χ3n) is 3.38. The van der Waals surface area contributed by atoms with Gasteiger partial charge < -0.3 is 9.88 Å². The normalized spacial score (nSPS) is 19.5. The van der Waals surface area contributed by atoms with Crippen molar-refractivity contribution in [3.05, 3.63) is 33.7 Å². The number of H-pyrrole nitrogens is 1. The standard InChI is InChI=1S/C13H19N3O4S/c1-9-5-6-11(12(17)14-9)13(18)16-7-3-4-10(8-16)15-21(2,19)20/h5-6,10,15H,3-4,7-8H2,1-2H3,(H,14,17)/t10-/m1/s1. The average Bonchev–Trinajstić information content (AvgIpc) is 2.36. The van der Waals surface area contributed by atoms with Crippen LogP contribution < -0.4 is 10.3 Å². The van der Waals surface area contributed by atoms with Gasteiger partial charge in [-0.3, -0.25) is 9.59 Å². The SMILES string of the molecule is Cc1ccc(C(=O)N2CCC[C@@H](NS(C)(=O)=O)C2)c(=O)[nH]1. The molecule has 8 heteroatoms. The van der Waals surface area contributed by atoms with E-state index in [1.165, 1.54) is 11.0 Å². The van der Waals surface area contributed by atoms with Crippen molar-refractivity contribution in [1.82, 2.24) is 14.6 Å². The van der Waals surface area contributed by atoms with Gasteiger partial charge in [-0.25, -0.2) is 13.1 Å². The molecule has 1 aromatic heterocycles. The Hall–Kier alpha value is -1.67. The molecule has 1 aromatic rings. The molecule has 1 aliphatic heterocycles. The van der Waals surface area contributed by atoms with Gasteiger partial charge in [0.2, 0.25) is 10.0 Å². The Kier molecular flexibility index (Phi) is 4.48. The second-order valence-electron chi connectivity index (χ2n) is 5.36. The van der Waals surface area contributed by atoms with Crippen LogP contribution in [0.3, 0.4) is 0 Å². The highest BCUT2D eigenvalue weighted by Gasteiger charge is 2.27. The Balaban J connectivity index is 2.14. The first-order valence-corrected chi connectivity index (χ1v) is 8.62. The van der Waals surface area contributed by atoms with Gasteiger partial charge >= 0.3 is 0 Å². The van der Waals surface area contributed by atoms with Crippen LogP contribution in [-0.2, 0) is 10.0 Å². The molecule has 0 saturated carbocycles. The molecule has 1 atom stereocenters. The molecular formula is C13H19N3O4S. The number of likely N-dealkylation sites (tertiary alicyclic amines) is 1. The van der Waals surface area contributed by atoms with Gasteiger partial charge in [0.05, 0.1) is 6.26 Å². The van der Waals surface area contributed by atoms with Crippen LogP contribution in [0, 0.1) is 6.92 Å². The number of rotatable bonds is 3. The van der Waals surface area contributed by atoms with Crippen LogP contribution in [0.2, 0.25) is 0 Å². The summed E-state index contributed by atoms with van der Waals surface area (Å²) in [7, 11) is -3.31. The van der Waals surface area contributed by atoms with Gasteiger partial charge in [-0.1, -0.05) is 0 Å². The number of carbonyl (C=O) groups is 1. The number of hydrogen-bond acceptors (Lipinski definition) is 4. The molecule has 7 nitrogen and oxygen atoms in total. The van der Waals surface area contributed by atoms with Gasteiger partial charge in [0.15, 0.2) is 0 Å². The Morgan fingerprint density at radius 1 is 1.43 bits per heavy atom. The summed E-state index contributed by atoms with van der Waals surface area (Å²) in [5, 5.41) is 0. The summed E-state index contributed by atoms with van der Waals surface area (Å²) in [6.07, 6.45) is 2.47. The highest BCUT2D eigenvalue weighted by Crippen LogP contribution is 2.13. The molecule has 21 heavy (non-hydrogen) atoms. The van der Waals surface area contributed by atoms with E-state index in [1.807, 2.05) is 0 Å². The van der Waals surface area contributed by atoms with Gasteiger partial charge in [-0.05, 0) is 31.9 Å². The van der Waals surface area contributed by atoms with Crippen molar-refractivity contribution in [2.75, 3.05) is 19.3 Å². The van der Waals surface area contributed by atoms with Crippen LogP contribution >= 0.6 is 0 Å². The second kappa shape index (κ2) is 5.98. The van der Waals surface area contributed by atoms with Crippen LogP contribution in [0.5, 0.6) is 0 Å². The summed E-state index contributed by atoms with van der Waals surface area (Å²) >= 11 is 0. The number of aromatic amines is 1. The van der Waals surface area contributed by atoms with E-state index >= 15 is 0 Å². The fourth-order valence-electron chi connectivity index (χ4n) is 2.47. The van der Waals surface area contributed by atoms with Crippen LogP contribution in [0.15, 0.2) is 16.9 Å². The first-order valence-electron chi connectivity index (χ1n) is 6.73. The van der Waals surface area contributed by atoms with Crippen LogP contribution in [0.25, 0.3) is 0 Å². The predicted octanol–water partition coefficient (Wildman–Crippen LogP) is -0.163. The fourth-order valence-corrected chi connectivity index (χ4v) is 3.27. The molecule has 116 valence electrons. The van der Waals surface area contributed by atoms with Gasteiger partial charge in [0.1, 0.15) is 5.56 Å². The lowest BCUT2D eigenvalue weighted by Gasteiger charge is -2.32. The van der Waals surface area contributed by atoms with Gasteiger partial charge in [0, 0.05) is 24.8 Å². The number of aryl methyl sites for hydroxylation is 1. The molecule has 2 heterocycles. The molecular weight excluding hydrogens is 294 g/mol. The van der Waals surface area contributed by atoms with Crippen molar-refractivity contribution in [3.63, 3.8) is 0 Å². The Labute approximate surface area is 123 Å². The van der Waals surface area contributed by atoms with E-state index in [9.17, 15) is 18.0 Å². The zero-order valence-electron chi connectivity index (χ0n) is 12.0. The largest absolute Gasteiger partial charge is 0.337 e. The zero-order valence-corrected chi connectivity index (χ0v) is 12.9. The molecule has 0 unspecified atom stereocenters. The molecule has 0 aromatic carbocycles. The number of aromatic nitrogens is 1. The monoisotopic (exact) mass is 313 g/mol. The maximum absolute atomic E-state index is 12.4. The Bertz CT molecular complexity index is 696. The lowest BCUT2D eigenvalue weighted by atomic mass is 10.1. The van der Waals surface area contributed by atoms with E-state index in [0.717, 1.165) is 6.26 Å². The quantitative estimate of drug-likeness (QED) is 0.809. The van der Waals surface area contributed by atoms with Crippen molar-refractivity contribution in [1.29, 1.82) is 0 Å². The summed E-state index contributed by atoms with van der Waals surface area (Å²) in [5.74, 6) is -0.365. The van der Waals surface area contributed by atoms with E-state index in [4.69, 9.17) is 0 Å². The Morgan fingerprint density at radius 2 is 2.14 bits per heavy atom. The minimum atomic E-state index is -3.31. The molecule has 0 bridgehead atoms. The molecule has 1 saturated heterocycles. The first-order chi connectivity index (χ1) is 9.76.